The monoisotopic (exact) mass is 239 g/mol. The molecule has 0 bridgehead atoms. The Bertz CT molecular complexity index is 413. The fraction of sp³-hybridized carbons (Fsp3) is 0.500. The number of oxime groups is 1. The summed E-state index contributed by atoms with van der Waals surface area (Å²) in [6.45, 7) is 1.95. The van der Waals surface area contributed by atoms with Gasteiger partial charge in [0, 0.05) is 13.2 Å². The van der Waals surface area contributed by atoms with Crippen molar-refractivity contribution >= 4 is 11.7 Å². The fourth-order valence-electron chi connectivity index (χ4n) is 1.42. The van der Waals surface area contributed by atoms with E-state index in [0.29, 0.717) is 12.1 Å². The van der Waals surface area contributed by atoms with Crippen LogP contribution in [0.4, 0.5) is 0 Å². The molecule has 1 aromatic rings. The van der Waals surface area contributed by atoms with Gasteiger partial charge in [0.2, 0.25) is 0 Å². The Labute approximate surface area is 99.3 Å². The average molecular weight is 239 g/mol. The summed E-state index contributed by atoms with van der Waals surface area (Å²) in [6.07, 6.45) is 3.09. The molecule has 1 atom stereocenters. The lowest BCUT2D eigenvalue weighted by Crippen LogP contribution is -2.44. The van der Waals surface area contributed by atoms with E-state index < -0.39 is 6.04 Å². The van der Waals surface area contributed by atoms with E-state index in [9.17, 15) is 4.79 Å². The van der Waals surface area contributed by atoms with Crippen molar-refractivity contribution < 1.29 is 10.0 Å². The van der Waals surface area contributed by atoms with Crippen LogP contribution in [0.1, 0.15) is 30.3 Å². The summed E-state index contributed by atoms with van der Waals surface area (Å²) in [5.41, 5.74) is 5.80. The molecule has 1 rings (SSSR count). The first-order valence-electron chi connectivity index (χ1n) is 5.36. The predicted octanol–water partition coefficient (Wildman–Crippen LogP) is 0.0650. The van der Waals surface area contributed by atoms with E-state index in [4.69, 9.17) is 10.9 Å². The van der Waals surface area contributed by atoms with Crippen LogP contribution in [0.2, 0.25) is 0 Å². The van der Waals surface area contributed by atoms with E-state index in [0.717, 1.165) is 6.42 Å². The highest BCUT2D eigenvalue weighted by Gasteiger charge is 2.18. The van der Waals surface area contributed by atoms with Gasteiger partial charge < -0.3 is 16.3 Å². The second-order valence-electron chi connectivity index (χ2n) is 3.71. The molecule has 0 fully saturated rings. The zero-order valence-electron chi connectivity index (χ0n) is 9.92. The lowest BCUT2D eigenvalue weighted by molar-refractivity contribution is 0.0939. The molecule has 7 nitrogen and oxygen atoms in total. The van der Waals surface area contributed by atoms with Crippen LogP contribution in [-0.4, -0.2) is 32.8 Å². The van der Waals surface area contributed by atoms with E-state index >= 15 is 0 Å². The zero-order chi connectivity index (χ0) is 12.8. The van der Waals surface area contributed by atoms with E-state index in [1.54, 1.807) is 19.3 Å². The maximum Gasteiger partial charge on any atom is 0.272 e. The fourth-order valence-corrected chi connectivity index (χ4v) is 1.42. The number of hydrogen-bond donors (Lipinski definition) is 3. The van der Waals surface area contributed by atoms with Gasteiger partial charge in [-0.1, -0.05) is 18.5 Å². The minimum absolute atomic E-state index is 0.00358. The molecule has 4 N–H and O–H groups in total. The first-order chi connectivity index (χ1) is 8.08. The number of nitrogens with zero attached hydrogens (tertiary/aromatic N) is 3. The molecule has 0 aliphatic heterocycles. The number of nitrogens with one attached hydrogen (secondary N) is 1. The van der Waals surface area contributed by atoms with Crippen LogP contribution in [0.15, 0.2) is 17.4 Å². The molecule has 7 heteroatoms. The SMILES string of the molecule is CCCC(NC(=O)c1ccn(C)n1)/C(N)=N/O. The molecule has 94 valence electrons. The van der Waals surface area contributed by atoms with E-state index in [1.165, 1.54) is 4.68 Å². The van der Waals surface area contributed by atoms with Crippen LogP contribution in [0.5, 0.6) is 0 Å². The van der Waals surface area contributed by atoms with Crippen molar-refractivity contribution in [2.24, 2.45) is 17.9 Å². The Balaban J connectivity index is 2.70. The quantitative estimate of drug-likeness (QED) is 0.292. The van der Waals surface area contributed by atoms with Crippen molar-refractivity contribution in [3.05, 3.63) is 18.0 Å². The van der Waals surface area contributed by atoms with Gasteiger partial charge in [0.05, 0.1) is 6.04 Å². The molecule has 0 aromatic carbocycles. The van der Waals surface area contributed by atoms with Crippen LogP contribution in [-0.2, 0) is 7.05 Å². The first kappa shape index (κ1) is 13.0. The van der Waals surface area contributed by atoms with Crippen molar-refractivity contribution in [3.8, 4) is 0 Å². The maximum atomic E-state index is 11.8. The number of hydrogen-bond acceptors (Lipinski definition) is 4. The lowest BCUT2D eigenvalue weighted by atomic mass is 10.1. The molecule has 0 saturated heterocycles. The topological polar surface area (TPSA) is 106 Å². The van der Waals surface area contributed by atoms with Gasteiger partial charge in [-0.05, 0) is 12.5 Å². The van der Waals surface area contributed by atoms with Gasteiger partial charge in [0.15, 0.2) is 5.84 Å². The van der Waals surface area contributed by atoms with Crippen LogP contribution in [0, 0.1) is 0 Å². The number of nitrogens with two attached hydrogens (primary N) is 1. The van der Waals surface area contributed by atoms with Gasteiger partial charge in [0.1, 0.15) is 5.69 Å². The highest BCUT2D eigenvalue weighted by Crippen LogP contribution is 2.00. The summed E-state index contributed by atoms with van der Waals surface area (Å²) >= 11 is 0. The molecule has 1 unspecified atom stereocenters. The highest BCUT2D eigenvalue weighted by molar-refractivity contribution is 5.96. The number of amidine groups is 1. The summed E-state index contributed by atoms with van der Waals surface area (Å²) in [5.74, 6) is -0.341. The lowest BCUT2D eigenvalue weighted by Gasteiger charge is -2.15. The van der Waals surface area contributed by atoms with Gasteiger partial charge >= 0.3 is 0 Å². The molecule has 0 saturated carbocycles. The van der Waals surface area contributed by atoms with Crippen molar-refractivity contribution in [1.82, 2.24) is 15.1 Å². The summed E-state index contributed by atoms with van der Waals surface area (Å²) < 4.78 is 1.53. The molecular weight excluding hydrogens is 222 g/mol. The minimum Gasteiger partial charge on any atom is -0.409 e. The van der Waals surface area contributed by atoms with Crippen molar-refractivity contribution in [1.29, 1.82) is 0 Å². The summed E-state index contributed by atoms with van der Waals surface area (Å²) in [6, 6.07) is 1.13. The predicted molar refractivity (Wildman–Crippen MR) is 62.8 cm³/mol. The number of aryl methyl sites for hydroxylation is 1. The molecule has 17 heavy (non-hydrogen) atoms. The average Bonchev–Trinajstić information content (AvgIpc) is 2.74. The number of carbonyl (C=O) groups excluding carboxylic acids is 1. The van der Waals surface area contributed by atoms with Gasteiger partial charge in [0.25, 0.3) is 5.91 Å². The molecular formula is C10H17N5O2. The van der Waals surface area contributed by atoms with Gasteiger partial charge in [-0.3, -0.25) is 9.48 Å². The van der Waals surface area contributed by atoms with Crippen molar-refractivity contribution in [2.45, 2.75) is 25.8 Å². The molecule has 0 aliphatic carbocycles. The third kappa shape index (κ3) is 3.47. The smallest absolute Gasteiger partial charge is 0.272 e. The van der Waals surface area contributed by atoms with Gasteiger partial charge in [-0.2, -0.15) is 5.10 Å². The first-order valence-corrected chi connectivity index (χ1v) is 5.36. The summed E-state index contributed by atoms with van der Waals surface area (Å²) in [5, 5.41) is 18.2. The normalized spacial score (nSPS) is 13.4. The van der Waals surface area contributed by atoms with Gasteiger partial charge in [-0.25, -0.2) is 0 Å². The van der Waals surface area contributed by atoms with Crippen molar-refractivity contribution in [2.75, 3.05) is 0 Å². The largest absolute Gasteiger partial charge is 0.409 e. The Kier molecular flexibility index (Phi) is 4.50. The third-order valence-electron chi connectivity index (χ3n) is 2.30. The second-order valence-corrected chi connectivity index (χ2v) is 3.71. The molecule has 0 aliphatic rings. The Hall–Kier alpha value is -2.05. The number of rotatable bonds is 5. The molecule has 1 heterocycles. The molecule has 1 aromatic heterocycles. The minimum atomic E-state index is -0.473. The third-order valence-corrected chi connectivity index (χ3v) is 2.30. The number of carbonyl (C=O) groups is 1. The Morgan fingerprint density at radius 1 is 1.76 bits per heavy atom. The van der Waals surface area contributed by atoms with Crippen LogP contribution in [0.25, 0.3) is 0 Å². The van der Waals surface area contributed by atoms with E-state index in [2.05, 4.69) is 15.6 Å². The maximum absolute atomic E-state index is 11.8. The number of aromatic nitrogens is 2. The van der Waals surface area contributed by atoms with Crippen LogP contribution in [0.3, 0.4) is 0 Å². The Morgan fingerprint density at radius 2 is 2.47 bits per heavy atom. The second kappa shape index (κ2) is 5.88. The van der Waals surface area contributed by atoms with E-state index in [1.807, 2.05) is 6.92 Å². The Morgan fingerprint density at radius 3 is 2.94 bits per heavy atom. The van der Waals surface area contributed by atoms with Crippen LogP contribution >= 0.6 is 0 Å². The number of amides is 1. The summed E-state index contributed by atoms with van der Waals surface area (Å²) in [7, 11) is 1.73. The van der Waals surface area contributed by atoms with E-state index in [-0.39, 0.29) is 11.7 Å². The molecule has 0 spiro atoms. The van der Waals surface area contributed by atoms with Crippen molar-refractivity contribution in [3.63, 3.8) is 0 Å². The molecule has 1 amide bonds. The molecule has 0 radical (unpaired) electrons. The van der Waals surface area contributed by atoms with Crippen LogP contribution < -0.4 is 11.1 Å². The zero-order valence-corrected chi connectivity index (χ0v) is 9.92. The standard InChI is InChI=1S/C10H17N5O2/c1-3-4-7(9(11)14-17)12-10(16)8-5-6-15(2)13-8/h5-7,17H,3-4H2,1-2H3,(H2,11,14)(H,12,16). The highest BCUT2D eigenvalue weighted by atomic mass is 16.4. The summed E-state index contributed by atoms with van der Waals surface area (Å²) in [4.78, 5) is 11.8. The van der Waals surface area contributed by atoms with Gasteiger partial charge in [-0.15, -0.1) is 0 Å².